The number of hydrogen-bond donors (Lipinski definition) is 2. The number of aromatic nitrogens is 2. The Labute approximate surface area is 182 Å². The molecule has 2 aromatic carbocycles. The second-order valence-corrected chi connectivity index (χ2v) is 8.47. The van der Waals surface area contributed by atoms with E-state index in [1.165, 1.54) is 11.1 Å². The Hall–Kier alpha value is -2.63. The lowest BCUT2D eigenvalue weighted by Gasteiger charge is -2.25. The van der Waals surface area contributed by atoms with Crippen molar-refractivity contribution in [1.29, 1.82) is 0 Å². The molecule has 0 bridgehead atoms. The zero-order chi connectivity index (χ0) is 21.3. The summed E-state index contributed by atoms with van der Waals surface area (Å²) >= 11 is 6.23. The summed E-state index contributed by atoms with van der Waals surface area (Å²) in [6, 6.07) is 11.9. The van der Waals surface area contributed by atoms with Crippen molar-refractivity contribution in [2.24, 2.45) is 0 Å². The van der Waals surface area contributed by atoms with E-state index in [-0.39, 0.29) is 11.8 Å². The molecule has 6 heteroatoms. The van der Waals surface area contributed by atoms with Crippen molar-refractivity contribution < 1.29 is 4.79 Å². The van der Waals surface area contributed by atoms with Gasteiger partial charge in [0, 0.05) is 16.6 Å². The van der Waals surface area contributed by atoms with Gasteiger partial charge in [-0.05, 0) is 87.7 Å². The van der Waals surface area contributed by atoms with Crippen LogP contribution in [-0.4, -0.2) is 28.8 Å². The van der Waals surface area contributed by atoms with Crippen molar-refractivity contribution >= 4 is 23.2 Å². The van der Waals surface area contributed by atoms with Gasteiger partial charge in [0.25, 0.3) is 5.91 Å². The van der Waals surface area contributed by atoms with E-state index in [9.17, 15) is 4.79 Å². The van der Waals surface area contributed by atoms with E-state index in [0.29, 0.717) is 16.3 Å². The maximum absolute atomic E-state index is 13.2. The molecule has 0 unspecified atom stereocenters. The fourth-order valence-electron chi connectivity index (χ4n) is 3.95. The van der Waals surface area contributed by atoms with Crippen LogP contribution in [0.4, 0.5) is 5.69 Å². The van der Waals surface area contributed by atoms with Crippen molar-refractivity contribution in [2.75, 3.05) is 18.4 Å². The van der Waals surface area contributed by atoms with E-state index in [0.717, 1.165) is 42.9 Å². The van der Waals surface area contributed by atoms with Crippen LogP contribution in [0.1, 0.15) is 51.5 Å². The maximum Gasteiger partial charge on any atom is 0.259 e. The molecule has 1 aliphatic heterocycles. The molecule has 0 saturated carbocycles. The summed E-state index contributed by atoms with van der Waals surface area (Å²) in [6.45, 7) is 8.02. The van der Waals surface area contributed by atoms with E-state index in [2.05, 4.69) is 47.8 Å². The lowest BCUT2D eigenvalue weighted by Crippen LogP contribution is -2.29. The normalized spacial score (nSPS) is 14.7. The summed E-state index contributed by atoms with van der Waals surface area (Å²) < 4.78 is 1.94. The molecule has 156 valence electrons. The number of carbonyl (C=O) groups is 1. The van der Waals surface area contributed by atoms with Crippen LogP contribution in [0.2, 0.25) is 5.02 Å². The number of benzene rings is 2. The van der Waals surface area contributed by atoms with Crippen molar-refractivity contribution in [1.82, 2.24) is 15.1 Å². The van der Waals surface area contributed by atoms with Crippen LogP contribution in [0, 0.1) is 20.8 Å². The molecule has 30 heavy (non-hydrogen) atoms. The first-order chi connectivity index (χ1) is 14.4. The molecular formula is C24H27ClN4O. The number of carbonyl (C=O) groups excluding carboxylic acids is 1. The summed E-state index contributed by atoms with van der Waals surface area (Å²) in [6.07, 6.45) is 3.65. The van der Waals surface area contributed by atoms with Crippen molar-refractivity contribution in [3.05, 3.63) is 75.6 Å². The molecule has 1 aliphatic rings. The fourth-order valence-corrected chi connectivity index (χ4v) is 4.13. The number of nitrogens with one attached hydrogen (secondary N) is 2. The SMILES string of the molecule is Cc1ccc(-n2ncc(C(=O)Nc3ccc(C)c(Cl)c3)c2C2CCNCC2)cc1C. The predicted molar refractivity (Wildman–Crippen MR) is 122 cm³/mol. The first kappa shape index (κ1) is 20.6. The van der Waals surface area contributed by atoms with Crippen molar-refractivity contribution in [3.63, 3.8) is 0 Å². The number of hydrogen-bond acceptors (Lipinski definition) is 3. The number of halogens is 1. The van der Waals surface area contributed by atoms with Gasteiger partial charge >= 0.3 is 0 Å². The zero-order valence-electron chi connectivity index (χ0n) is 17.6. The minimum Gasteiger partial charge on any atom is -0.322 e. The van der Waals surface area contributed by atoms with Gasteiger partial charge in [-0.15, -0.1) is 0 Å². The van der Waals surface area contributed by atoms with Crippen LogP contribution >= 0.6 is 11.6 Å². The van der Waals surface area contributed by atoms with E-state index in [4.69, 9.17) is 11.6 Å². The minimum absolute atomic E-state index is 0.154. The second-order valence-electron chi connectivity index (χ2n) is 8.07. The molecule has 1 aromatic heterocycles. The summed E-state index contributed by atoms with van der Waals surface area (Å²) in [4.78, 5) is 13.2. The Bertz CT molecular complexity index is 1080. The van der Waals surface area contributed by atoms with E-state index >= 15 is 0 Å². The molecule has 3 aromatic rings. The quantitative estimate of drug-likeness (QED) is 0.609. The molecule has 2 N–H and O–H groups in total. The van der Waals surface area contributed by atoms with Crippen LogP contribution in [0.15, 0.2) is 42.6 Å². The third kappa shape index (κ3) is 4.13. The second kappa shape index (κ2) is 8.62. The molecular weight excluding hydrogens is 396 g/mol. The van der Waals surface area contributed by atoms with Crippen molar-refractivity contribution in [2.45, 2.75) is 39.5 Å². The Balaban J connectivity index is 1.73. The van der Waals surface area contributed by atoms with Gasteiger partial charge in [-0.2, -0.15) is 5.10 Å². The minimum atomic E-state index is -0.154. The molecule has 1 saturated heterocycles. The van der Waals surface area contributed by atoms with E-state index in [1.54, 1.807) is 12.3 Å². The molecule has 0 aliphatic carbocycles. The third-order valence-electron chi connectivity index (χ3n) is 5.94. The van der Waals surface area contributed by atoms with E-state index < -0.39 is 0 Å². The molecule has 2 heterocycles. The van der Waals surface area contributed by atoms with Crippen molar-refractivity contribution in [3.8, 4) is 5.69 Å². The Morgan fingerprint density at radius 2 is 1.80 bits per heavy atom. The third-order valence-corrected chi connectivity index (χ3v) is 6.35. The highest BCUT2D eigenvalue weighted by Crippen LogP contribution is 2.31. The van der Waals surface area contributed by atoms with Crippen LogP contribution in [0.3, 0.4) is 0 Å². The Morgan fingerprint density at radius 1 is 1.07 bits per heavy atom. The highest BCUT2D eigenvalue weighted by atomic mass is 35.5. The number of amides is 1. The zero-order valence-corrected chi connectivity index (χ0v) is 18.4. The first-order valence-corrected chi connectivity index (χ1v) is 10.8. The highest BCUT2D eigenvalue weighted by Gasteiger charge is 2.27. The summed E-state index contributed by atoms with van der Waals surface area (Å²) in [5, 5.41) is 11.7. The van der Waals surface area contributed by atoms with Gasteiger partial charge in [0.1, 0.15) is 0 Å². The average Bonchev–Trinajstić information content (AvgIpc) is 3.19. The van der Waals surface area contributed by atoms with Crippen LogP contribution in [-0.2, 0) is 0 Å². The molecule has 0 spiro atoms. The first-order valence-electron chi connectivity index (χ1n) is 10.4. The van der Waals surface area contributed by atoms with Gasteiger partial charge < -0.3 is 10.6 Å². The number of anilines is 1. The molecule has 0 radical (unpaired) electrons. The van der Waals surface area contributed by atoms with Gasteiger partial charge in [-0.25, -0.2) is 4.68 Å². The molecule has 0 atom stereocenters. The Morgan fingerprint density at radius 3 is 2.50 bits per heavy atom. The lowest BCUT2D eigenvalue weighted by molar-refractivity contribution is 0.102. The summed E-state index contributed by atoms with van der Waals surface area (Å²) in [5.41, 5.74) is 6.71. The van der Waals surface area contributed by atoms with Gasteiger partial charge in [-0.1, -0.05) is 23.7 Å². The largest absolute Gasteiger partial charge is 0.322 e. The number of nitrogens with zero attached hydrogens (tertiary/aromatic N) is 2. The van der Waals surface area contributed by atoms with Crippen LogP contribution in [0.25, 0.3) is 5.69 Å². The summed E-state index contributed by atoms with van der Waals surface area (Å²) in [7, 11) is 0. The topological polar surface area (TPSA) is 59.0 Å². The maximum atomic E-state index is 13.2. The van der Waals surface area contributed by atoms with Gasteiger partial charge in [0.15, 0.2) is 0 Å². The number of piperidine rings is 1. The number of aryl methyl sites for hydroxylation is 3. The molecule has 1 fully saturated rings. The summed E-state index contributed by atoms with van der Waals surface area (Å²) in [5.74, 6) is 0.122. The lowest BCUT2D eigenvalue weighted by atomic mass is 9.91. The molecule has 1 amide bonds. The average molecular weight is 423 g/mol. The number of rotatable bonds is 4. The van der Waals surface area contributed by atoms with Gasteiger partial charge in [0.2, 0.25) is 0 Å². The van der Waals surface area contributed by atoms with E-state index in [1.807, 2.05) is 23.7 Å². The highest BCUT2D eigenvalue weighted by molar-refractivity contribution is 6.31. The smallest absolute Gasteiger partial charge is 0.259 e. The molecule has 4 rings (SSSR count). The standard InChI is InChI=1S/C24H27ClN4O/c1-15-5-7-20(12-17(15)3)29-23(18-8-10-26-11-9-18)21(14-27-29)24(30)28-19-6-4-16(2)22(25)13-19/h4-7,12-14,18,26H,8-11H2,1-3H3,(H,28,30). The van der Waals surface area contributed by atoms with Crippen LogP contribution in [0.5, 0.6) is 0 Å². The predicted octanol–water partition coefficient (Wildman–Crippen LogP) is 5.17. The Kier molecular flexibility index (Phi) is 5.93. The van der Waals surface area contributed by atoms with Crippen LogP contribution < -0.4 is 10.6 Å². The monoisotopic (exact) mass is 422 g/mol. The van der Waals surface area contributed by atoms with Gasteiger partial charge in [0.05, 0.1) is 23.1 Å². The molecule has 5 nitrogen and oxygen atoms in total. The fraction of sp³-hybridized carbons (Fsp3) is 0.333. The van der Waals surface area contributed by atoms with Gasteiger partial charge in [-0.3, -0.25) is 4.79 Å².